The summed E-state index contributed by atoms with van der Waals surface area (Å²) in [7, 11) is 0. The molecule has 2 rings (SSSR count). The summed E-state index contributed by atoms with van der Waals surface area (Å²) in [6, 6.07) is 8.05. The summed E-state index contributed by atoms with van der Waals surface area (Å²) in [5.74, 6) is -0.357. The lowest BCUT2D eigenvalue weighted by Gasteiger charge is -2.07. The van der Waals surface area contributed by atoms with E-state index in [2.05, 4.69) is 6.07 Å². The second kappa shape index (κ2) is 4.53. The smallest absolute Gasteiger partial charge is 0.219 e. The first-order chi connectivity index (χ1) is 8.54. The van der Waals surface area contributed by atoms with Gasteiger partial charge in [0.1, 0.15) is 11.8 Å². The van der Waals surface area contributed by atoms with Crippen LogP contribution < -0.4 is 5.73 Å². The summed E-state index contributed by atoms with van der Waals surface area (Å²) in [4.78, 5) is 10.9. The van der Waals surface area contributed by atoms with E-state index < -0.39 is 0 Å². The molecule has 0 saturated heterocycles. The van der Waals surface area contributed by atoms with Crippen LogP contribution in [0.15, 0.2) is 18.2 Å². The third-order valence-corrected chi connectivity index (χ3v) is 3.32. The Morgan fingerprint density at radius 1 is 1.44 bits per heavy atom. The molecule has 0 atom stereocenters. The van der Waals surface area contributed by atoms with Gasteiger partial charge in [-0.15, -0.1) is 0 Å². The summed E-state index contributed by atoms with van der Waals surface area (Å²) >= 11 is 0. The van der Waals surface area contributed by atoms with Gasteiger partial charge in [-0.25, -0.2) is 0 Å². The second-order valence-corrected chi connectivity index (χ2v) is 4.45. The van der Waals surface area contributed by atoms with E-state index in [9.17, 15) is 4.79 Å². The predicted octanol–water partition coefficient (Wildman–Crippen LogP) is 2.01. The second-order valence-electron chi connectivity index (χ2n) is 4.45. The maximum atomic E-state index is 10.9. The van der Waals surface area contributed by atoms with Gasteiger partial charge >= 0.3 is 0 Å². The van der Waals surface area contributed by atoms with Crippen LogP contribution in [-0.2, 0) is 11.3 Å². The van der Waals surface area contributed by atoms with Crippen molar-refractivity contribution in [1.82, 2.24) is 4.57 Å². The molecule has 0 aliphatic heterocycles. The molecule has 0 fully saturated rings. The molecule has 2 aromatic rings. The highest BCUT2D eigenvalue weighted by Gasteiger charge is 2.11. The van der Waals surface area contributed by atoms with Gasteiger partial charge in [-0.1, -0.05) is 6.07 Å². The summed E-state index contributed by atoms with van der Waals surface area (Å²) < 4.78 is 1.85. The molecule has 4 nitrogen and oxygen atoms in total. The number of fused-ring (bicyclic) bond motifs is 1. The van der Waals surface area contributed by atoms with Gasteiger partial charge < -0.3 is 10.3 Å². The number of benzene rings is 1. The van der Waals surface area contributed by atoms with E-state index in [1.54, 1.807) is 0 Å². The Morgan fingerprint density at radius 2 is 2.17 bits per heavy atom. The van der Waals surface area contributed by atoms with Crippen LogP contribution in [-0.4, -0.2) is 10.5 Å². The zero-order chi connectivity index (χ0) is 13.3. The van der Waals surface area contributed by atoms with Crippen molar-refractivity contribution in [2.24, 2.45) is 5.73 Å². The molecule has 92 valence electrons. The number of amides is 1. The summed E-state index contributed by atoms with van der Waals surface area (Å²) in [6.07, 6.45) is 0.241. The third-order valence-electron chi connectivity index (χ3n) is 3.32. The van der Waals surface area contributed by atoms with E-state index in [1.165, 1.54) is 11.1 Å². The van der Waals surface area contributed by atoms with Crippen molar-refractivity contribution in [3.05, 3.63) is 35.0 Å². The lowest BCUT2D eigenvalue weighted by Crippen LogP contribution is -2.14. The number of carbonyl (C=O) groups excluding carboxylic acids is 1. The lowest BCUT2D eigenvalue weighted by molar-refractivity contribution is -0.118. The fourth-order valence-corrected chi connectivity index (χ4v) is 2.14. The predicted molar refractivity (Wildman–Crippen MR) is 69.9 cm³/mol. The number of hydrogen-bond donors (Lipinski definition) is 1. The van der Waals surface area contributed by atoms with E-state index in [0.29, 0.717) is 12.2 Å². The van der Waals surface area contributed by atoms with Crippen molar-refractivity contribution in [3.63, 3.8) is 0 Å². The first-order valence-corrected chi connectivity index (χ1v) is 5.82. The molecular weight excluding hydrogens is 226 g/mol. The molecule has 0 aliphatic rings. The molecule has 4 heteroatoms. The van der Waals surface area contributed by atoms with E-state index in [1.807, 2.05) is 36.6 Å². The van der Waals surface area contributed by atoms with Crippen LogP contribution in [0.5, 0.6) is 0 Å². The Kier molecular flexibility index (Phi) is 3.07. The van der Waals surface area contributed by atoms with Crippen LogP contribution in [0.2, 0.25) is 0 Å². The highest BCUT2D eigenvalue weighted by atomic mass is 16.1. The van der Waals surface area contributed by atoms with E-state index in [0.717, 1.165) is 10.9 Å². The van der Waals surface area contributed by atoms with Crippen molar-refractivity contribution < 1.29 is 4.79 Å². The molecule has 2 N–H and O–H groups in total. The van der Waals surface area contributed by atoms with Gasteiger partial charge in [-0.3, -0.25) is 4.79 Å². The average molecular weight is 241 g/mol. The number of rotatable bonds is 3. The maximum absolute atomic E-state index is 10.9. The van der Waals surface area contributed by atoms with Crippen LogP contribution in [0, 0.1) is 25.2 Å². The lowest BCUT2D eigenvalue weighted by atomic mass is 10.1. The average Bonchev–Trinajstić information content (AvgIpc) is 2.69. The monoisotopic (exact) mass is 241 g/mol. The van der Waals surface area contributed by atoms with E-state index in [4.69, 9.17) is 11.0 Å². The molecular formula is C14H15N3O. The molecule has 1 aromatic carbocycles. The van der Waals surface area contributed by atoms with Crippen LogP contribution >= 0.6 is 0 Å². The minimum absolute atomic E-state index is 0.241. The van der Waals surface area contributed by atoms with Gasteiger partial charge in [0.2, 0.25) is 5.91 Å². The molecule has 18 heavy (non-hydrogen) atoms. The Hall–Kier alpha value is -2.28. The molecule has 0 saturated carbocycles. The molecule has 1 aromatic heterocycles. The molecule has 0 radical (unpaired) electrons. The number of aromatic nitrogens is 1. The summed E-state index contributed by atoms with van der Waals surface area (Å²) in [6.45, 7) is 4.53. The standard InChI is InChI=1S/C14H15N3O/c1-9-3-4-13-12(10(9)2)7-11(8-15)17(13)6-5-14(16)18/h3-4,7H,5-6H2,1-2H3,(H2,16,18). The Morgan fingerprint density at radius 3 is 2.78 bits per heavy atom. The first-order valence-electron chi connectivity index (χ1n) is 5.82. The summed E-state index contributed by atoms with van der Waals surface area (Å²) in [5, 5.41) is 10.2. The normalized spacial score (nSPS) is 10.5. The number of nitriles is 1. The fraction of sp³-hybridized carbons (Fsp3) is 0.286. The van der Waals surface area contributed by atoms with Gasteiger partial charge in [0.15, 0.2) is 0 Å². The molecule has 0 unspecified atom stereocenters. The zero-order valence-electron chi connectivity index (χ0n) is 10.5. The largest absolute Gasteiger partial charge is 0.370 e. The molecule has 1 amide bonds. The van der Waals surface area contributed by atoms with Crippen LogP contribution in [0.4, 0.5) is 0 Å². The highest BCUT2D eigenvalue weighted by molar-refractivity contribution is 5.86. The van der Waals surface area contributed by atoms with Crippen LogP contribution in [0.3, 0.4) is 0 Å². The Labute approximate surface area is 106 Å². The van der Waals surface area contributed by atoms with Gasteiger partial charge in [0.05, 0.1) is 0 Å². The van der Waals surface area contributed by atoms with E-state index in [-0.39, 0.29) is 12.3 Å². The van der Waals surface area contributed by atoms with Gasteiger partial charge in [-0.05, 0) is 37.1 Å². The highest BCUT2D eigenvalue weighted by Crippen LogP contribution is 2.25. The quantitative estimate of drug-likeness (QED) is 0.892. The summed E-state index contributed by atoms with van der Waals surface area (Å²) in [5.41, 5.74) is 9.08. The van der Waals surface area contributed by atoms with Crippen LogP contribution in [0.1, 0.15) is 23.2 Å². The third kappa shape index (κ3) is 1.95. The molecule has 0 aliphatic carbocycles. The number of carbonyl (C=O) groups is 1. The fourth-order valence-electron chi connectivity index (χ4n) is 2.14. The van der Waals surface area contributed by atoms with Gasteiger partial charge in [-0.2, -0.15) is 5.26 Å². The van der Waals surface area contributed by atoms with Crippen molar-refractivity contribution in [2.45, 2.75) is 26.8 Å². The van der Waals surface area contributed by atoms with Crippen molar-refractivity contribution in [3.8, 4) is 6.07 Å². The number of primary amides is 1. The topological polar surface area (TPSA) is 71.8 Å². The van der Waals surface area contributed by atoms with Crippen molar-refractivity contribution in [2.75, 3.05) is 0 Å². The van der Waals surface area contributed by atoms with Crippen molar-refractivity contribution in [1.29, 1.82) is 5.26 Å². The zero-order valence-corrected chi connectivity index (χ0v) is 10.5. The number of hydrogen-bond acceptors (Lipinski definition) is 2. The number of nitrogens with two attached hydrogens (primary N) is 1. The van der Waals surface area contributed by atoms with E-state index >= 15 is 0 Å². The maximum Gasteiger partial charge on any atom is 0.219 e. The van der Waals surface area contributed by atoms with Crippen LogP contribution in [0.25, 0.3) is 10.9 Å². The Balaban J connectivity index is 2.60. The minimum atomic E-state index is -0.357. The first kappa shape index (κ1) is 12.2. The Bertz CT molecular complexity index is 662. The molecule has 0 spiro atoms. The molecule has 1 heterocycles. The minimum Gasteiger partial charge on any atom is -0.370 e. The number of aryl methyl sites for hydroxylation is 3. The van der Waals surface area contributed by atoms with Crippen molar-refractivity contribution >= 4 is 16.8 Å². The van der Waals surface area contributed by atoms with Gasteiger partial charge in [0, 0.05) is 23.9 Å². The SMILES string of the molecule is Cc1ccc2c(cc(C#N)n2CCC(N)=O)c1C. The van der Waals surface area contributed by atoms with Gasteiger partial charge in [0.25, 0.3) is 0 Å². The number of nitrogens with zero attached hydrogens (tertiary/aromatic N) is 2. The molecule has 0 bridgehead atoms.